The first-order valence-corrected chi connectivity index (χ1v) is 7.74. The minimum absolute atomic E-state index is 0.0965. The summed E-state index contributed by atoms with van der Waals surface area (Å²) in [4.78, 5) is 11.9. The van der Waals surface area contributed by atoms with Crippen molar-refractivity contribution in [3.05, 3.63) is 29.8 Å². The van der Waals surface area contributed by atoms with Gasteiger partial charge in [-0.15, -0.1) is 23.2 Å². The molecule has 0 atom stereocenters. The predicted octanol–water partition coefficient (Wildman–Crippen LogP) is 3.51. The highest BCUT2D eigenvalue weighted by molar-refractivity contribution is 6.22. The third kappa shape index (κ3) is 5.22. The molecule has 0 saturated carbocycles. The number of benzene rings is 1. The van der Waals surface area contributed by atoms with Crippen LogP contribution in [0, 0.1) is 6.92 Å². The summed E-state index contributed by atoms with van der Waals surface area (Å²) < 4.78 is 5.55. The molecule has 0 bridgehead atoms. The second-order valence-electron chi connectivity index (χ2n) is 4.86. The van der Waals surface area contributed by atoms with Crippen molar-refractivity contribution in [3.63, 3.8) is 0 Å². The minimum atomic E-state index is -0.524. The number of halogens is 2. The molecule has 0 unspecified atom stereocenters. The van der Waals surface area contributed by atoms with E-state index in [0.717, 1.165) is 11.3 Å². The molecule has 20 heavy (non-hydrogen) atoms. The number of carbonyl (C=O) groups is 1. The predicted molar refractivity (Wildman–Crippen MR) is 83.9 cm³/mol. The fourth-order valence-corrected chi connectivity index (χ4v) is 2.50. The number of hydrogen-bond acceptors (Lipinski definition) is 2. The SMILES string of the molecule is CCC(CCl)(CCl)NC(=O)CCOc1cccc(C)c1. The van der Waals surface area contributed by atoms with Crippen molar-refractivity contribution in [2.24, 2.45) is 0 Å². The molecule has 0 heterocycles. The number of amides is 1. The first-order valence-electron chi connectivity index (χ1n) is 6.67. The average Bonchev–Trinajstić information content (AvgIpc) is 2.45. The van der Waals surface area contributed by atoms with Crippen LogP contribution in [0.5, 0.6) is 5.75 Å². The fourth-order valence-electron chi connectivity index (χ4n) is 1.70. The van der Waals surface area contributed by atoms with Crippen LogP contribution >= 0.6 is 23.2 Å². The number of aryl methyl sites for hydroxylation is 1. The van der Waals surface area contributed by atoms with Crippen molar-refractivity contribution >= 4 is 29.1 Å². The third-order valence-corrected chi connectivity index (χ3v) is 4.20. The van der Waals surface area contributed by atoms with Crippen molar-refractivity contribution in [1.82, 2.24) is 5.32 Å². The zero-order valence-corrected chi connectivity index (χ0v) is 13.4. The Kier molecular flexibility index (Phi) is 7.17. The molecular formula is C15H21Cl2NO2. The molecule has 1 aromatic rings. The summed E-state index contributed by atoms with van der Waals surface area (Å²) in [5, 5.41) is 2.89. The second kappa shape index (κ2) is 8.38. The van der Waals surface area contributed by atoms with Gasteiger partial charge in [0.1, 0.15) is 5.75 Å². The maximum absolute atomic E-state index is 11.9. The summed E-state index contributed by atoms with van der Waals surface area (Å²) in [6, 6.07) is 7.73. The normalized spacial score (nSPS) is 11.2. The van der Waals surface area contributed by atoms with Gasteiger partial charge in [-0.05, 0) is 31.0 Å². The molecule has 0 saturated heterocycles. The fraction of sp³-hybridized carbons (Fsp3) is 0.533. The van der Waals surface area contributed by atoms with E-state index in [-0.39, 0.29) is 12.3 Å². The van der Waals surface area contributed by atoms with Crippen molar-refractivity contribution in [2.75, 3.05) is 18.4 Å². The number of alkyl halides is 2. The highest BCUT2D eigenvalue weighted by Crippen LogP contribution is 2.15. The molecule has 112 valence electrons. The number of nitrogens with one attached hydrogen (secondary N) is 1. The lowest BCUT2D eigenvalue weighted by atomic mass is 10.0. The third-order valence-electron chi connectivity index (χ3n) is 3.18. The molecule has 0 radical (unpaired) electrons. The Hall–Kier alpha value is -0.930. The number of rotatable bonds is 8. The molecule has 1 N–H and O–H groups in total. The maximum Gasteiger partial charge on any atom is 0.223 e. The van der Waals surface area contributed by atoms with Crippen LogP contribution in [0.1, 0.15) is 25.3 Å². The molecule has 1 amide bonds. The molecule has 0 aliphatic carbocycles. The molecule has 0 spiro atoms. The van der Waals surface area contributed by atoms with Gasteiger partial charge in [0.05, 0.1) is 18.6 Å². The molecular weight excluding hydrogens is 297 g/mol. The van der Waals surface area contributed by atoms with Gasteiger partial charge in [0.2, 0.25) is 5.91 Å². The van der Waals surface area contributed by atoms with Crippen molar-refractivity contribution < 1.29 is 9.53 Å². The average molecular weight is 318 g/mol. The van der Waals surface area contributed by atoms with Gasteiger partial charge >= 0.3 is 0 Å². The summed E-state index contributed by atoms with van der Waals surface area (Å²) >= 11 is 11.8. The summed E-state index contributed by atoms with van der Waals surface area (Å²) in [7, 11) is 0. The van der Waals surface area contributed by atoms with Gasteiger partial charge in [-0.2, -0.15) is 0 Å². The standard InChI is InChI=1S/C15H21Cl2NO2/c1-3-15(10-16,11-17)18-14(19)7-8-20-13-6-4-5-12(2)9-13/h4-6,9H,3,7-8,10-11H2,1-2H3,(H,18,19). The molecule has 1 rings (SSSR count). The summed E-state index contributed by atoms with van der Waals surface area (Å²) in [6.45, 7) is 4.28. The van der Waals surface area contributed by atoms with Crippen LogP contribution in [0.4, 0.5) is 0 Å². The summed E-state index contributed by atoms with van der Waals surface area (Å²) in [6.07, 6.45) is 0.980. The van der Waals surface area contributed by atoms with E-state index in [1.54, 1.807) is 0 Å². The van der Waals surface area contributed by atoms with Gasteiger partial charge < -0.3 is 10.1 Å². The molecule has 5 heteroatoms. The Morgan fingerprint density at radius 1 is 1.35 bits per heavy atom. The number of ether oxygens (including phenoxy) is 1. The van der Waals surface area contributed by atoms with Gasteiger partial charge in [0.15, 0.2) is 0 Å². The van der Waals surface area contributed by atoms with Crippen LogP contribution in [0.3, 0.4) is 0 Å². The quantitative estimate of drug-likeness (QED) is 0.745. The Morgan fingerprint density at radius 3 is 2.60 bits per heavy atom. The van der Waals surface area contributed by atoms with Crippen LogP contribution in [0.15, 0.2) is 24.3 Å². The van der Waals surface area contributed by atoms with E-state index in [9.17, 15) is 4.79 Å². The van der Waals surface area contributed by atoms with E-state index in [2.05, 4.69) is 5.32 Å². The van der Waals surface area contributed by atoms with Gasteiger partial charge in [0, 0.05) is 11.8 Å². The van der Waals surface area contributed by atoms with Crippen molar-refractivity contribution in [3.8, 4) is 5.75 Å². The van der Waals surface area contributed by atoms with E-state index in [1.165, 1.54) is 0 Å². The highest BCUT2D eigenvalue weighted by Gasteiger charge is 2.27. The monoisotopic (exact) mass is 317 g/mol. The Bertz CT molecular complexity index is 425. The van der Waals surface area contributed by atoms with E-state index in [4.69, 9.17) is 27.9 Å². The first kappa shape index (κ1) is 17.1. The van der Waals surface area contributed by atoms with Gasteiger partial charge in [-0.25, -0.2) is 0 Å². The van der Waals surface area contributed by atoms with Gasteiger partial charge in [-0.3, -0.25) is 4.79 Å². The van der Waals surface area contributed by atoms with Crippen LogP contribution in [0.2, 0.25) is 0 Å². The highest BCUT2D eigenvalue weighted by atomic mass is 35.5. The largest absolute Gasteiger partial charge is 0.493 e. The van der Waals surface area contributed by atoms with Crippen LogP contribution in [-0.2, 0) is 4.79 Å². The van der Waals surface area contributed by atoms with Crippen LogP contribution in [0.25, 0.3) is 0 Å². The van der Waals surface area contributed by atoms with Gasteiger partial charge in [0.25, 0.3) is 0 Å². The lowest BCUT2D eigenvalue weighted by Gasteiger charge is -2.29. The van der Waals surface area contributed by atoms with Crippen LogP contribution < -0.4 is 10.1 Å². The Morgan fingerprint density at radius 2 is 2.05 bits per heavy atom. The molecule has 3 nitrogen and oxygen atoms in total. The minimum Gasteiger partial charge on any atom is -0.493 e. The second-order valence-corrected chi connectivity index (χ2v) is 5.40. The van der Waals surface area contributed by atoms with E-state index >= 15 is 0 Å². The lowest BCUT2D eigenvalue weighted by molar-refractivity contribution is -0.123. The zero-order chi connectivity index (χ0) is 15.0. The lowest BCUT2D eigenvalue weighted by Crippen LogP contribution is -2.51. The maximum atomic E-state index is 11.9. The summed E-state index contributed by atoms with van der Waals surface area (Å²) in [5.74, 6) is 1.28. The molecule has 0 aromatic heterocycles. The number of carbonyl (C=O) groups excluding carboxylic acids is 1. The Labute approximate surface area is 130 Å². The first-order chi connectivity index (χ1) is 9.55. The number of hydrogen-bond donors (Lipinski definition) is 1. The molecule has 1 aromatic carbocycles. The molecule has 0 aliphatic rings. The smallest absolute Gasteiger partial charge is 0.223 e. The zero-order valence-electron chi connectivity index (χ0n) is 11.9. The van der Waals surface area contributed by atoms with Crippen LogP contribution in [-0.4, -0.2) is 29.8 Å². The van der Waals surface area contributed by atoms with Crippen molar-refractivity contribution in [1.29, 1.82) is 0 Å². The van der Waals surface area contributed by atoms with E-state index < -0.39 is 5.54 Å². The molecule has 0 aliphatic heterocycles. The summed E-state index contributed by atoms with van der Waals surface area (Å²) in [5.41, 5.74) is 0.602. The topological polar surface area (TPSA) is 38.3 Å². The van der Waals surface area contributed by atoms with E-state index in [0.29, 0.717) is 24.8 Å². The van der Waals surface area contributed by atoms with Gasteiger partial charge in [-0.1, -0.05) is 19.1 Å². The van der Waals surface area contributed by atoms with Crippen molar-refractivity contribution in [2.45, 2.75) is 32.2 Å². The molecule has 0 fully saturated rings. The Balaban J connectivity index is 2.40. The van der Waals surface area contributed by atoms with E-state index in [1.807, 2.05) is 38.1 Å².